The highest BCUT2D eigenvalue weighted by Gasteiger charge is 2.19. The number of aliphatic carboxylic acids is 1. The number of rotatable bonds is 50. The summed E-state index contributed by atoms with van der Waals surface area (Å²) in [5.74, 6) is -2.27. The lowest BCUT2D eigenvalue weighted by molar-refractivity contribution is -0.150. The Morgan fingerprint density at radius 3 is 1.19 bits per heavy atom. The number of hydrogen-bond donors (Lipinski definition) is 4. The van der Waals surface area contributed by atoms with Crippen LogP contribution in [0.2, 0.25) is 0 Å². The monoisotopic (exact) mass is 891 g/mol. The summed E-state index contributed by atoms with van der Waals surface area (Å²) in [6.45, 7) is 3.52. The molecule has 0 saturated heterocycles. The molecule has 370 valence electrons. The van der Waals surface area contributed by atoms with Crippen LogP contribution >= 0.6 is 0 Å². The molecule has 0 aliphatic carbocycles. The average Bonchev–Trinajstić information content (AvgIpc) is 3.27. The molecule has 0 bridgehead atoms. The molecule has 0 saturated carbocycles. The lowest BCUT2D eigenvalue weighted by Crippen LogP contribution is -2.47. The van der Waals surface area contributed by atoms with Crippen LogP contribution in [0.4, 0.5) is 0 Å². The summed E-state index contributed by atoms with van der Waals surface area (Å²) in [5, 5.41) is 22.6. The number of nitrogens with one attached hydrogen (secondary N) is 2. The fraction of sp³-hybridized carbons (Fsp3) is 0.889. The van der Waals surface area contributed by atoms with Gasteiger partial charge in [0.15, 0.2) is 0 Å². The summed E-state index contributed by atoms with van der Waals surface area (Å²) < 4.78 is 6.08. The van der Waals surface area contributed by atoms with Crippen molar-refractivity contribution in [3.05, 3.63) is 12.2 Å². The zero-order valence-electron chi connectivity index (χ0n) is 41.4. The summed E-state index contributed by atoms with van der Waals surface area (Å²) in [4.78, 5) is 47.8. The average molecular weight is 891 g/mol. The van der Waals surface area contributed by atoms with Gasteiger partial charge in [0.25, 0.3) is 0 Å². The smallest absolute Gasteiger partial charge is 0.328 e. The van der Waals surface area contributed by atoms with Crippen molar-refractivity contribution < 1.29 is 34.1 Å². The van der Waals surface area contributed by atoms with Crippen molar-refractivity contribution in [2.24, 2.45) is 0 Å². The fourth-order valence-electron chi connectivity index (χ4n) is 8.36. The standard InChI is InChI=1S/C54H102N2O7/c1-3-5-7-9-11-13-15-17-18-19-20-21-22-23-24-25-26-27-29-31-33-38-42-46-53(60)63-49(43-39-35-32-30-28-16-14-12-10-8-6-4-2)44-40-36-34-37-41-45-51(58)55-47-52(59)56-50(48-57)54(61)62/h19-20,49-50,57H,3-18,21-48H2,1-2H3,(H,55,58)(H,56,59)(H,61,62)/b20-19-. The summed E-state index contributed by atoms with van der Waals surface area (Å²) in [6.07, 6.45) is 55.4. The van der Waals surface area contributed by atoms with Gasteiger partial charge in [0, 0.05) is 12.8 Å². The van der Waals surface area contributed by atoms with Gasteiger partial charge >= 0.3 is 11.9 Å². The number of hydrogen-bond acceptors (Lipinski definition) is 6. The van der Waals surface area contributed by atoms with E-state index in [2.05, 4.69) is 36.6 Å². The number of aliphatic hydroxyl groups is 1. The van der Waals surface area contributed by atoms with E-state index in [1.807, 2.05) is 0 Å². The molecule has 0 aromatic rings. The Bertz CT molecular complexity index is 1070. The molecule has 9 nitrogen and oxygen atoms in total. The zero-order valence-corrected chi connectivity index (χ0v) is 41.4. The van der Waals surface area contributed by atoms with Crippen molar-refractivity contribution in [1.29, 1.82) is 0 Å². The highest BCUT2D eigenvalue weighted by Crippen LogP contribution is 2.20. The Morgan fingerprint density at radius 2 is 0.810 bits per heavy atom. The van der Waals surface area contributed by atoms with Gasteiger partial charge in [-0.2, -0.15) is 0 Å². The number of carboxylic acids is 1. The third-order valence-electron chi connectivity index (χ3n) is 12.5. The van der Waals surface area contributed by atoms with Crippen LogP contribution in [-0.2, 0) is 23.9 Å². The minimum absolute atomic E-state index is 0.00916. The molecule has 9 heteroatoms. The van der Waals surface area contributed by atoms with E-state index in [1.54, 1.807) is 0 Å². The van der Waals surface area contributed by atoms with E-state index in [0.717, 1.165) is 57.8 Å². The normalized spacial score (nSPS) is 12.4. The first-order chi connectivity index (χ1) is 30.8. The fourth-order valence-corrected chi connectivity index (χ4v) is 8.36. The van der Waals surface area contributed by atoms with Crippen LogP contribution in [0.5, 0.6) is 0 Å². The molecule has 0 fully saturated rings. The molecule has 0 rings (SSSR count). The first kappa shape index (κ1) is 60.6. The van der Waals surface area contributed by atoms with Crippen LogP contribution < -0.4 is 10.6 Å². The molecule has 0 spiro atoms. The SMILES string of the molecule is CCCCCCCCCC/C=C\CCCCCCCCCCCCCC(=O)OC(CCCCCCCCCCCCCC)CCCCCCCC(=O)NCC(=O)NC(CO)C(=O)O. The van der Waals surface area contributed by atoms with Crippen LogP contribution in [0.25, 0.3) is 0 Å². The molecular weight excluding hydrogens is 789 g/mol. The first-order valence-electron chi connectivity index (χ1n) is 27.1. The highest BCUT2D eigenvalue weighted by molar-refractivity contribution is 5.87. The van der Waals surface area contributed by atoms with E-state index < -0.39 is 24.5 Å². The van der Waals surface area contributed by atoms with Crippen molar-refractivity contribution in [3.63, 3.8) is 0 Å². The van der Waals surface area contributed by atoms with Crippen LogP contribution in [-0.4, -0.2) is 59.3 Å². The summed E-state index contributed by atoms with van der Waals surface area (Å²) in [5.41, 5.74) is 0. The molecule has 0 aliphatic heterocycles. The van der Waals surface area contributed by atoms with Crippen molar-refractivity contribution in [1.82, 2.24) is 10.6 Å². The van der Waals surface area contributed by atoms with Gasteiger partial charge in [-0.05, 0) is 64.2 Å². The maximum atomic E-state index is 12.9. The molecule has 4 N–H and O–H groups in total. The molecule has 2 unspecified atom stereocenters. The Balaban J connectivity index is 4.15. The van der Waals surface area contributed by atoms with Crippen LogP contribution in [0.15, 0.2) is 12.2 Å². The molecule has 0 heterocycles. The van der Waals surface area contributed by atoms with E-state index in [4.69, 9.17) is 14.9 Å². The summed E-state index contributed by atoms with van der Waals surface area (Å²) >= 11 is 0. The third kappa shape index (κ3) is 45.9. The second-order valence-electron chi connectivity index (χ2n) is 18.7. The van der Waals surface area contributed by atoms with Crippen LogP contribution in [0.1, 0.15) is 284 Å². The van der Waals surface area contributed by atoms with Gasteiger partial charge in [0.1, 0.15) is 12.1 Å². The largest absolute Gasteiger partial charge is 0.480 e. The first-order valence-corrected chi connectivity index (χ1v) is 27.1. The van der Waals surface area contributed by atoms with E-state index in [9.17, 15) is 19.2 Å². The number of carbonyl (C=O) groups excluding carboxylic acids is 3. The minimum Gasteiger partial charge on any atom is -0.480 e. The minimum atomic E-state index is -1.38. The number of carboxylic acid groups (broad SMARTS) is 1. The molecular formula is C54H102N2O7. The topological polar surface area (TPSA) is 142 Å². The highest BCUT2D eigenvalue weighted by atomic mass is 16.5. The van der Waals surface area contributed by atoms with E-state index in [1.165, 1.54) is 193 Å². The van der Waals surface area contributed by atoms with Crippen LogP contribution in [0.3, 0.4) is 0 Å². The summed E-state index contributed by atoms with van der Waals surface area (Å²) in [7, 11) is 0. The number of amides is 2. The number of esters is 1. The van der Waals surface area contributed by atoms with Gasteiger partial charge in [-0.3, -0.25) is 14.4 Å². The predicted octanol–water partition coefficient (Wildman–Crippen LogP) is 14.6. The lowest BCUT2D eigenvalue weighted by atomic mass is 10.0. The van der Waals surface area contributed by atoms with Gasteiger partial charge in [0.2, 0.25) is 11.8 Å². The summed E-state index contributed by atoms with van der Waals surface area (Å²) in [6, 6.07) is -1.38. The van der Waals surface area contributed by atoms with Crippen molar-refractivity contribution in [2.45, 2.75) is 296 Å². The molecule has 63 heavy (non-hydrogen) atoms. The lowest BCUT2D eigenvalue weighted by Gasteiger charge is -2.18. The number of ether oxygens (including phenoxy) is 1. The van der Waals surface area contributed by atoms with Crippen LogP contribution in [0, 0.1) is 0 Å². The predicted molar refractivity (Wildman–Crippen MR) is 264 cm³/mol. The molecule has 0 radical (unpaired) electrons. The second-order valence-corrected chi connectivity index (χ2v) is 18.7. The number of aliphatic hydroxyl groups excluding tert-OH is 1. The Morgan fingerprint density at radius 1 is 0.460 bits per heavy atom. The molecule has 0 aromatic carbocycles. The number of allylic oxidation sites excluding steroid dienone is 2. The van der Waals surface area contributed by atoms with E-state index >= 15 is 0 Å². The van der Waals surface area contributed by atoms with Crippen molar-refractivity contribution in [2.75, 3.05) is 13.2 Å². The van der Waals surface area contributed by atoms with Gasteiger partial charge < -0.3 is 25.6 Å². The Kier molecular flexibility index (Phi) is 47.1. The molecule has 2 amide bonds. The maximum absolute atomic E-state index is 12.9. The van der Waals surface area contributed by atoms with Gasteiger partial charge in [-0.1, -0.05) is 219 Å². The van der Waals surface area contributed by atoms with Gasteiger partial charge in [-0.15, -0.1) is 0 Å². The molecule has 0 aliphatic rings. The number of unbranched alkanes of at least 4 members (excludes halogenated alkanes) is 34. The maximum Gasteiger partial charge on any atom is 0.328 e. The quantitative estimate of drug-likeness (QED) is 0.0271. The van der Waals surface area contributed by atoms with Crippen molar-refractivity contribution >= 4 is 23.8 Å². The van der Waals surface area contributed by atoms with Crippen molar-refractivity contribution in [3.8, 4) is 0 Å². The number of carbonyl (C=O) groups is 4. The van der Waals surface area contributed by atoms with E-state index in [-0.39, 0.29) is 24.5 Å². The molecule has 2 atom stereocenters. The zero-order chi connectivity index (χ0) is 46.1. The third-order valence-corrected chi connectivity index (χ3v) is 12.5. The second kappa shape index (κ2) is 49.0. The Labute approximate surface area is 388 Å². The molecule has 0 aromatic heterocycles. The van der Waals surface area contributed by atoms with Gasteiger partial charge in [0.05, 0.1) is 13.2 Å². The van der Waals surface area contributed by atoms with E-state index in [0.29, 0.717) is 19.3 Å². The Hall–Kier alpha value is -2.42. The van der Waals surface area contributed by atoms with Gasteiger partial charge in [-0.25, -0.2) is 4.79 Å².